The van der Waals surface area contributed by atoms with Gasteiger partial charge in [-0.15, -0.1) is 11.3 Å². The van der Waals surface area contributed by atoms with Crippen molar-refractivity contribution in [1.29, 1.82) is 0 Å². The molecule has 1 aromatic heterocycles. The van der Waals surface area contributed by atoms with Gasteiger partial charge in [-0.05, 0) is 18.9 Å². The molecule has 0 saturated heterocycles. The minimum atomic E-state index is -3.29. The van der Waals surface area contributed by atoms with Crippen molar-refractivity contribution in [3.8, 4) is 0 Å². The maximum absolute atomic E-state index is 12.9. The summed E-state index contributed by atoms with van der Waals surface area (Å²) in [6, 6.07) is 0. The van der Waals surface area contributed by atoms with Crippen LogP contribution in [0.15, 0.2) is 0 Å². The van der Waals surface area contributed by atoms with E-state index in [4.69, 9.17) is 4.74 Å². The minimum absolute atomic E-state index is 0.0229. The summed E-state index contributed by atoms with van der Waals surface area (Å²) < 4.78 is 31.0. The van der Waals surface area contributed by atoms with Crippen molar-refractivity contribution in [1.82, 2.24) is 9.21 Å². The average molecular weight is 402 g/mol. The fraction of sp³-hybridized carbons (Fsp3) is 0.625. The van der Waals surface area contributed by atoms with E-state index in [1.807, 2.05) is 0 Å². The van der Waals surface area contributed by atoms with Gasteiger partial charge in [-0.25, -0.2) is 8.42 Å². The number of carbonyl (C=O) groups is 2. The van der Waals surface area contributed by atoms with Gasteiger partial charge in [0.15, 0.2) is 0 Å². The van der Waals surface area contributed by atoms with Crippen molar-refractivity contribution in [2.24, 2.45) is 0 Å². The third-order valence-electron chi connectivity index (χ3n) is 4.76. The molecule has 26 heavy (non-hydrogen) atoms. The van der Waals surface area contributed by atoms with Gasteiger partial charge in [0.2, 0.25) is 15.9 Å². The Kier molecular flexibility index (Phi) is 5.38. The summed E-state index contributed by atoms with van der Waals surface area (Å²) in [6.45, 7) is 2.98. The standard InChI is InChI=1S/C16H23N3O5S2/c1-4-26(22,23)18-6-5-11-12(9-18)25-16-14(11)15(21)17(2)10-13(20)19(16)7-8-24-3/h4-10H2,1-3H3. The third-order valence-corrected chi connectivity index (χ3v) is 7.83. The second-order valence-corrected chi connectivity index (χ2v) is 9.71. The molecule has 0 aromatic carbocycles. The quantitative estimate of drug-likeness (QED) is 0.718. The predicted octanol–water partition coefficient (Wildman–Crippen LogP) is 0.521. The fourth-order valence-corrected chi connectivity index (χ4v) is 5.81. The Morgan fingerprint density at radius 3 is 2.62 bits per heavy atom. The second-order valence-electron chi connectivity index (χ2n) is 6.37. The maximum atomic E-state index is 12.9. The Morgan fingerprint density at radius 1 is 1.23 bits per heavy atom. The first-order chi connectivity index (χ1) is 12.3. The Balaban J connectivity index is 2.05. The zero-order valence-corrected chi connectivity index (χ0v) is 16.8. The largest absolute Gasteiger partial charge is 0.383 e. The first kappa shape index (κ1) is 19.3. The Morgan fingerprint density at radius 2 is 1.96 bits per heavy atom. The van der Waals surface area contributed by atoms with Crippen molar-refractivity contribution in [2.75, 3.05) is 51.1 Å². The van der Waals surface area contributed by atoms with Crippen LogP contribution in [0.2, 0.25) is 0 Å². The number of carbonyl (C=O) groups excluding carboxylic acids is 2. The highest BCUT2D eigenvalue weighted by molar-refractivity contribution is 7.89. The van der Waals surface area contributed by atoms with Crippen LogP contribution in [-0.2, 0) is 32.5 Å². The molecule has 10 heteroatoms. The molecule has 3 rings (SSSR count). The predicted molar refractivity (Wildman–Crippen MR) is 99.1 cm³/mol. The number of hydrogen-bond acceptors (Lipinski definition) is 6. The molecular weight excluding hydrogens is 378 g/mol. The number of anilines is 1. The number of amides is 2. The van der Waals surface area contributed by atoms with E-state index in [-0.39, 0.29) is 30.7 Å². The van der Waals surface area contributed by atoms with Gasteiger partial charge in [0, 0.05) is 32.1 Å². The van der Waals surface area contributed by atoms with Crippen LogP contribution in [0.5, 0.6) is 0 Å². The lowest BCUT2D eigenvalue weighted by Crippen LogP contribution is -2.39. The van der Waals surface area contributed by atoms with Gasteiger partial charge in [0.1, 0.15) is 11.5 Å². The van der Waals surface area contributed by atoms with Gasteiger partial charge >= 0.3 is 0 Å². The summed E-state index contributed by atoms with van der Waals surface area (Å²) in [4.78, 5) is 29.3. The van der Waals surface area contributed by atoms with E-state index >= 15 is 0 Å². The molecule has 2 aliphatic rings. The summed E-state index contributed by atoms with van der Waals surface area (Å²) in [6.07, 6.45) is 0.478. The molecule has 0 radical (unpaired) electrons. The number of rotatable bonds is 5. The van der Waals surface area contributed by atoms with Crippen LogP contribution in [0.1, 0.15) is 27.7 Å². The molecule has 8 nitrogen and oxygen atoms in total. The summed E-state index contributed by atoms with van der Waals surface area (Å²) in [5.74, 6) is -0.293. The van der Waals surface area contributed by atoms with E-state index in [2.05, 4.69) is 0 Å². The van der Waals surface area contributed by atoms with E-state index in [0.717, 1.165) is 10.4 Å². The molecule has 0 fully saturated rings. The maximum Gasteiger partial charge on any atom is 0.257 e. The van der Waals surface area contributed by atoms with E-state index in [0.29, 0.717) is 36.7 Å². The van der Waals surface area contributed by atoms with Crippen LogP contribution in [0.3, 0.4) is 0 Å². The fourth-order valence-electron chi connectivity index (χ4n) is 3.27. The number of fused-ring (bicyclic) bond motifs is 3. The van der Waals surface area contributed by atoms with Gasteiger partial charge in [0.05, 0.1) is 24.5 Å². The van der Waals surface area contributed by atoms with Crippen molar-refractivity contribution in [2.45, 2.75) is 19.9 Å². The number of likely N-dealkylation sites (N-methyl/N-ethyl adjacent to an activating group) is 1. The number of hydrogen-bond donors (Lipinski definition) is 0. The zero-order valence-electron chi connectivity index (χ0n) is 15.1. The molecule has 0 saturated carbocycles. The Hall–Kier alpha value is -1.49. The molecule has 0 atom stereocenters. The SMILES string of the molecule is CCS(=O)(=O)N1CCc2c(sc3c2C(=O)N(C)CC(=O)N3CCOC)C1. The number of nitrogens with zero attached hydrogens (tertiary/aromatic N) is 3. The van der Waals surface area contributed by atoms with Crippen molar-refractivity contribution >= 4 is 38.2 Å². The van der Waals surface area contributed by atoms with Gasteiger partial charge in [-0.3, -0.25) is 14.5 Å². The molecule has 0 bridgehead atoms. The topological polar surface area (TPSA) is 87.2 Å². The molecule has 0 N–H and O–H groups in total. The van der Waals surface area contributed by atoms with Gasteiger partial charge in [0.25, 0.3) is 5.91 Å². The molecule has 1 aromatic rings. The summed E-state index contributed by atoms with van der Waals surface area (Å²) in [7, 11) is -0.113. The van der Waals surface area contributed by atoms with Gasteiger partial charge in [-0.2, -0.15) is 4.31 Å². The second kappa shape index (κ2) is 7.26. The number of methoxy groups -OCH3 is 1. The van der Waals surface area contributed by atoms with E-state index in [1.165, 1.54) is 20.5 Å². The average Bonchev–Trinajstić information content (AvgIpc) is 2.95. The summed E-state index contributed by atoms with van der Waals surface area (Å²) in [5.41, 5.74) is 1.42. The lowest BCUT2D eigenvalue weighted by atomic mass is 10.0. The molecular formula is C16H23N3O5S2. The first-order valence-electron chi connectivity index (χ1n) is 8.47. The van der Waals surface area contributed by atoms with E-state index < -0.39 is 10.0 Å². The van der Waals surface area contributed by atoms with Gasteiger partial charge < -0.3 is 9.64 Å². The molecule has 144 valence electrons. The monoisotopic (exact) mass is 401 g/mol. The van der Waals surface area contributed by atoms with Crippen molar-refractivity contribution in [3.63, 3.8) is 0 Å². The number of ether oxygens (including phenoxy) is 1. The molecule has 2 amide bonds. The van der Waals surface area contributed by atoms with Crippen molar-refractivity contribution < 1.29 is 22.7 Å². The normalized spacial score (nSPS) is 18.7. The smallest absolute Gasteiger partial charge is 0.257 e. The Labute approximate surface area is 157 Å². The summed E-state index contributed by atoms with van der Waals surface area (Å²) in [5, 5.41) is 0.613. The van der Waals surface area contributed by atoms with E-state index in [9.17, 15) is 18.0 Å². The molecule has 2 aliphatic heterocycles. The number of sulfonamides is 1. The molecule has 0 aliphatic carbocycles. The lowest BCUT2D eigenvalue weighted by Gasteiger charge is -2.26. The number of thiophene rings is 1. The highest BCUT2D eigenvalue weighted by atomic mass is 32.2. The molecule has 3 heterocycles. The highest BCUT2D eigenvalue weighted by Crippen LogP contribution is 2.41. The molecule has 0 unspecified atom stereocenters. The summed E-state index contributed by atoms with van der Waals surface area (Å²) >= 11 is 1.35. The van der Waals surface area contributed by atoms with Crippen LogP contribution in [0.25, 0.3) is 0 Å². The van der Waals surface area contributed by atoms with Crippen LogP contribution >= 0.6 is 11.3 Å². The van der Waals surface area contributed by atoms with Crippen LogP contribution in [-0.4, -0.2) is 75.6 Å². The van der Waals surface area contributed by atoms with Crippen LogP contribution < -0.4 is 4.90 Å². The zero-order chi connectivity index (χ0) is 19.1. The lowest BCUT2D eigenvalue weighted by molar-refractivity contribution is -0.119. The minimum Gasteiger partial charge on any atom is -0.383 e. The first-order valence-corrected chi connectivity index (χ1v) is 10.9. The third kappa shape index (κ3) is 3.26. The Bertz CT molecular complexity index is 833. The van der Waals surface area contributed by atoms with E-state index in [1.54, 1.807) is 26.0 Å². The molecule has 0 spiro atoms. The van der Waals surface area contributed by atoms with Crippen LogP contribution in [0, 0.1) is 0 Å². The highest BCUT2D eigenvalue weighted by Gasteiger charge is 2.38. The van der Waals surface area contributed by atoms with Crippen LogP contribution in [0.4, 0.5) is 5.00 Å². The van der Waals surface area contributed by atoms with Gasteiger partial charge in [-0.1, -0.05) is 0 Å². The van der Waals surface area contributed by atoms with Crippen molar-refractivity contribution in [3.05, 3.63) is 16.0 Å².